The van der Waals surface area contributed by atoms with Crippen LogP contribution in [0.25, 0.3) is 11.2 Å². The number of fused-ring (bicyclic) bond motifs is 1. The van der Waals surface area contributed by atoms with Crippen molar-refractivity contribution in [2.24, 2.45) is 0 Å². The van der Waals surface area contributed by atoms with Crippen LogP contribution < -0.4 is 5.56 Å². The van der Waals surface area contributed by atoms with Crippen molar-refractivity contribution in [2.45, 2.75) is 63.4 Å². The van der Waals surface area contributed by atoms with Gasteiger partial charge in [-0.2, -0.15) is 0 Å². The smallest absolute Gasteiger partial charge is 0.278 e. The summed E-state index contributed by atoms with van der Waals surface area (Å²) >= 11 is 0. The predicted molar refractivity (Wildman–Crippen MR) is 101 cm³/mol. The molecule has 1 N–H and O–H groups in total. The van der Waals surface area contributed by atoms with Crippen LogP contribution in [0.5, 0.6) is 0 Å². The molecule has 1 fully saturated rings. The molecule has 0 unspecified atom stereocenters. The lowest BCUT2D eigenvalue weighted by molar-refractivity contribution is -0.122. The summed E-state index contributed by atoms with van der Waals surface area (Å²) in [5.74, 6) is 0. The van der Waals surface area contributed by atoms with Gasteiger partial charge in [-0.05, 0) is 18.1 Å². The summed E-state index contributed by atoms with van der Waals surface area (Å²) in [4.78, 5) is 34.4. The molecule has 0 radical (unpaired) electrons. The lowest BCUT2D eigenvalue weighted by Crippen LogP contribution is -2.49. The molecule has 4 atom stereocenters. The molecule has 1 aliphatic rings. The third kappa shape index (κ3) is 3.38. The molecule has 0 spiro atoms. The van der Waals surface area contributed by atoms with Gasteiger partial charge in [-0.3, -0.25) is 9.36 Å². The van der Waals surface area contributed by atoms with E-state index in [1.54, 1.807) is 11.7 Å². The minimum Gasteiger partial charge on any atom is -0.408 e. The Bertz CT molecular complexity index is 887. The van der Waals surface area contributed by atoms with E-state index in [1.807, 2.05) is 0 Å². The van der Waals surface area contributed by atoms with Crippen LogP contribution in [0.15, 0.2) is 17.4 Å². The van der Waals surface area contributed by atoms with Crippen molar-refractivity contribution < 1.29 is 18.7 Å². The second-order valence-corrected chi connectivity index (χ2v) is 13.0. The number of hydrogen-bond acceptors (Lipinski definition) is 7. The van der Waals surface area contributed by atoms with Gasteiger partial charge in [0.25, 0.3) is 5.56 Å². The zero-order chi connectivity index (χ0) is 20.0. The van der Waals surface area contributed by atoms with Crippen LogP contribution >= 0.6 is 0 Å². The Morgan fingerprint density at radius 3 is 2.59 bits per heavy atom. The molecule has 0 bridgehead atoms. The summed E-state index contributed by atoms with van der Waals surface area (Å²) in [7, 11) is -0.626. The van der Waals surface area contributed by atoms with Gasteiger partial charge < -0.3 is 23.7 Å². The first-order valence-corrected chi connectivity index (χ1v) is 11.7. The average Bonchev–Trinajstić information content (AvgIpc) is 3.15. The van der Waals surface area contributed by atoms with Gasteiger partial charge in [0.2, 0.25) is 0 Å². The van der Waals surface area contributed by atoms with Crippen LogP contribution in [0.3, 0.4) is 0 Å². The fourth-order valence-electron chi connectivity index (χ4n) is 2.95. The lowest BCUT2D eigenvalue weighted by Gasteiger charge is -2.39. The lowest BCUT2D eigenvalue weighted by atomic mass is 10.1. The zero-order valence-corrected chi connectivity index (χ0v) is 17.4. The second kappa shape index (κ2) is 6.93. The molecule has 1 aliphatic heterocycles. The highest BCUT2D eigenvalue weighted by atomic mass is 28.4. The van der Waals surface area contributed by atoms with Gasteiger partial charge in [0, 0.05) is 7.11 Å². The highest BCUT2D eigenvalue weighted by Crippen LogP contribution is 2.41. The minimum atomic E-state index is -2.18. The number of H-pyrrole nitrogens is 1. The Hall–Kier alpha value is -1.88. The van der Waals surface area contributed by atoms with E-state index in [0.717, 1.165) is 6.29 Å². The fraction of sp³-hybridized carbons (Fsp3) is 0.647. The summed E-state index contributed by atoms with van der Waals surface area (Å²) in [6, 6.07) is 0. The third-order valence-electron chi connectivity index (χ3n) is 5.51. The number of nitrogens with zero attached hydrogens (tertiary/aromatic N) is 3. The van der Waals surface area contributed by atoms with Gasteiger partial charge in [-0.1, -0.05) is 20.8 Å². The fourth-order valence-corrected chi connectivity index (χ4v) is 4.25. The number of aromatic nitrogens is 4. The molecule has 9 nitrogen and oxygen atoms in total. The van der Waals surface area contributed by atoms with Crippen LogP contribution in [-0.4, -0.2) is 59.5 Å². The maximum absolute atomic E-state index is 11.9. The number of rotatable bonds is 5. The first kappa shape index (κ1) is 19.9. The predicted octanol–water partition coefficient (Wildman–Crippen LogP) is 1.62. The van der Waals surface area contributed by atoms with Crippen molar-refractivity contribution in [3.8, 4) is 0 Å². The molecule has 148 valence electrons. The van der Waals surface area contributed by atoms with Crippen molar-refractivity contribution in [2.75, 3.05) is 7.11 Å². The van der Waals surface area contributed by atoms with E-state index in [1.165, 1.54) is 12.7 Å². The first-order valence-electron chi connectivity index (χ1n) is 8.82. The molecule has 10 heteroatoms. The van der Waals surface area contributed by atoms with Crippen molar-refractivity contribution in [3.63, 3.8) is 0 Å². The molecule has 0 aromatic carbocycles. The van der Waals surface area contributed by atoms with E-state index >= 15 is 0 Å². The molecule has 2 aromatic heterocycles. The van der Waals surface area contributed by atoms with Gasteiger partial charge in [0.05, 0.1) is 12.7 Å². The number of imidazole rings is 1. The largest absolute Gasteiger partial charge is 0.408 e. The molecule has 2 aromatic rings. The molecule has 3 rings (SSSR count). The number of aromatic amines is 1. The summed E-state index contributed by atoms with van der Waals surface area (Å²) in [5.41, 5.74) is 0.225. The molecule has 27 heavy (non-hydrogen) atoms. The minimum absolute atomic E-state index is 0.0344. The van der Waals surface area contributed by atoms with Crippen LogP contribution in [0.1, 0.15) is 27.0 Å². The summed E-state index contributed by atoms with van der Waals surface area (Å²) < 4.78 is 19.7. The monoisotopic (exact) mass is 394 g/mol. The molecule has 0 amide bonds. The Kier molecular flexibility index (Phi) is 5.10. The Morgan fingerprint density at radius 1 is 1.30 bits per heavy atom. The van der Waals surface area contributed by atoms with Crippen LogP contribution in [0, 0.1) is 0 Å². The SMILES string of the molecule is CO[C@@H]1[C@H](O[Si](C)(C)C(C)(C)C)[C@@H](C=O)O[C@H]1n1cnc2c(=O)[nH]cnc21. The van der Waals surface area contributed by atoms with E-state index in [9.17, 15) is 9.59 Å². The van der Waals surface area contributed by atoms with Crippen LogP contribution in [-0.2, 0) is 18.7 Å². The molecule has 1 saturated heterocycles. The number of carbonyl (C=O) groups is 1. The number of aldehydes is 1. The van der Waals surface area contributed by atoms with Gasteiger partial charge >= 0.3 is 0 Å². The highest BCUT2D eigenvalue weighted by Gasteiger charge is 2.51. The third-order valence-corrected chi connectivity index (χ3v) is 9.98. The van der Waals surface area contributed by atoms with Gasteiger partial charge in [0.15, 0.2) is 32.0 Å². The van der Waals surface area contributed by atoms with Crippen molar-refractivity contribution >= 4 is 25.8 Å². The van der Waals surface area contributed by atoms with E-state index in [4.69, 9.17) is 13.9 Å². The molecule has 0 aliphatic carbocycles. The highest BCUT2D eigenvalue weighted by molar-refractivity contribution is 6.74. The zero-order valence-electron chi connectivity index (χ0n) is 16.4. The number of ether oxygens (including phenoxy) is 2. The van der Waals surface area contributed by atoms with Crippen molar-refractivity contribution in [1.29, 1.82) is 0 Å². The van der Waals surface area contributed by atoms with E-state index in [-0.39, 0.29) is 16.1 Å². The maximum atomic E-state index is 11.9. The molecular weight excluding hydrogens is 368 g/mol. The number of carbonyl (C=O) groups excluding carboxylic acids is 1. The summed E-state index contributed by atoms with van der Waals surface area (Å²) in [6.45, 7) is 10.6. The maximum Gasteiger partial charge on any atom is 0.278 e. The van der Waals surface area contributed by atoms with Gasteiger partial charge in [-0.15, -0.1) is 0 Å². The van der Waals surface area contributed by atoms with E-state index in [2.05, 4.69) is 48.8 Å². The molecular formula is C17H26N4O5Si. The Morgan fingerprint density at radius 2 is 2.00 bits per heavy atom. The van der Waals surface area contributed by atoms with Gasteiger partial charge in [0.1, 0.15) is 18.3 Å². The van der Waals surface area contributed by atoms with Crippen molar-refractivity contribution in [3.05, 3.63) is 23.0 Å². The van der Waals surface area contributed by atoms with Gasteiger partial charge in [-0.25, -0.2) is 9.97 Å². The van der Waals surface area contributed by atoms with Crippen LogP contribution in [0.2, 0.25) is 18.1 Å². The van der Waals surface area contributed by atoms with E-state index in [0.29, 0.717) is 5.65 Å². The standard InChI is InChI=1S/C17H26N4O5Si/c1-17(2,3)27(5,6)26-12-10(7-22)25-16(13(12)24-4)21-9-20-11-14(21)18-8-19-15(11)23/h7-10,12-13,16H,1-6H3,(H,18,19,23)/t10-,12-,13-,16-/m1/s1. The summed E-state index contributed by atoms with van der Waals surface area (Å²) in [5, 5.41) is -0.0344. The van der Waals surface area contributed by atoms with E-state index < -0.39 is 32.9 Å². The quantitative estimate of drug-likeness (QED) is 0.606. The number of nitrogens with one attached hydrogen (secondary N) is 1. The normalized spacial score (nSPS) is 26.6. The number of hydrogen-bond donors (Lipinski definition) is 1. The van der Waals surface area contributed by atoms with Crippen molar-refractivity contribution in [1.82, 2.24) is 19.5 Å². The second-order valence-electron chi connectivity index (χ2n) is 8.23. The number of methoxy groups -OCH3 is 1. The average molecular weight is 395 g/mol. The first-order chi connectivity index (χ1) is 12.6. The topological polar surface area (TPSA) is 108 Å². The molecule has 3 heterocycles. The van der Waals surface area contributed by atoms with Crippen LogP contribution in [0.4, 0.5) is 0 Å². The Balaban J connectivity index is 1.99. The molecule has 0 saturated carbocycles. The summed E-state index contributed by atoms with van der Waals surface area (Å²) in [6.07, 6.45) is 0.947. The Labute approximate surface area is 158 Å².